The molecule has 0 radical (unpaired) electrons. The average Bonchev–Trinajstić information content (AvgIpc) is 2.68. The summed E-state index contributed by atoms with van der Waals surface area (Å²) in [5, 5.41) is 12.6. The number of hydrogen-bond donors (Lipinski definition) is 0. The third-order valence-corrected chi connectivity index (χ3v) is 3.80. The van der Waals surface area contributed by atoms with Crippen LogP contribution in [0.5, 0.6) is 0 Å². The van der Waals surface area contributed by atoms with Crippen molar-refractivity contribution in [3.63, 3.8) is 0 Å². The van der Waals surface area contributed by atoms with Crippen LogP contribution >= 0.6 is 11.9 Å². The second-order valence-corrected chi connectivity index (χ2v) is 4.93. The van der Waals surface area contributed by atoms with Crippen LogP contribution in [0.3, 0.4) is 0 Å². The molecule has 0 saturated heterocycles. The van der Waals surface area contributed by atoms with Gasteiger partial charge in [0.15, 0.2) is 0 Å². The van der Waals surface area contributed by atoms with Crippen molar-refractivity contribution >= 4 is 17.8 Å². The third kappa shape index (κ3) is 1.51. The zero-order chi connectivity index (χ0) is 11.0. The zero-order valence-corrected chi connectivity index (χ0v) is 9.35. The van der Waals surface area contributed by atoms with Crippen molar-refractivity contribution in [1.29, 1.82) is 0 Å². The molecule has 1 atom stereocenters. The Balaban J connectivity index is 2.01. The maximum atomic E-state index is 12.6. The molecule has 1 aliphatic rings. The molecule has 16 heavy (non-hydrogen) atoms. The lowest BCUT2D eigenvalue weighted by atomic mass is 10.2. The van der Waals surface area contributed by atoms with Gasteiger partial charge in [-0.1, -0.05) is 24.3 Å². The largest absolute Gasteiger partial charge is 0.613 e. The molecule has 1 aromatic carbocycles. The Morgan fingerprint density at radius 1 is 1.12 bits per heavy atom. The van der Waals surface area contributed by atoms with Crippen LogP contribution in [0.4, 0.5) is 5.82 Å². The summed E-state index contributed by atoms with van der Waals surface area (Å²) in [7, 11) is 0. The van der Waals surface area contributed by atoms with Crippen molar-refractivity contribution in [3.05, 3.63) is 59.4 Å². The summed E-state index contributed by atoms with van der Waals surface area (Å²) in [6, 6.07) is 13.4. The van der Waals surface area contributed by atoms with E-state index in [4.69, 9.17) is 0 Å². The minimum Gasteiger partial charge on any atom is -0.613 e. The van der Waals surface area contributed by atoms with Gasteiger partial charge in [-0.25, -0.2) is 9.04 Å². The summed E-state index contributed by atoms with van der Waals surface area (Å²) < 4.78 is -0.444. The summed E-state index contributed by atoms with van der Waals surface area (Å²) in [5.41, 5.74) is 1.10. The minimum absolute atomic E-state index is 0.444. The first-order valence-corrected chi connectivity index (χ1v) is 5.83. The number of pyridine rings is 1. The van der Waals surface area contributed by atoms with Gasteiger partial charge in [-0.3, -0.25) is 0 Å². The molecule has 2 heterocycles. The van der Waals surface area contributed by atoms with Crippen LogP contribution in [0.2, 0.25) is 0 Å². The molecule has 3 nitrogen and oxygen atoms in total. The van der Waals surface area contributed by atoms with E-state index in [1.165, 1.54) is 11.9 Å². The Kier molecular flexibility index (Phi) is 2.21. The molecular weight excluding hydrogens is 220 g/mol. The van der Waals surface area contributed by atoms with E-state index in [9.17, 15) is 5.21 Å². The monoisotopic (exact) mass is 230 g/mol. The van der Waals surface area contributed by atoms with E-state index in [1.54, 1.807) is 12.3 Å². The van der Waals surface area contributed by atoms with Crippen LogP contribution in [0.1, 0.15) is 5.56 Å². The highest BCUT2D eigenvalue weighted by atomic mass is 32.2. The van der Waals surface area contributed by atoms with Crippen molar-refractivity contribution < 1.29 is 0 Å². The van der Waals surface area contributed by atoms with Crippen LogP contribution in [-0.2, 0) is 6.54 Å². The molecule has 1 unspecified atom stereocenters. The number of benzene rings is 1. The van der Waals surface area contributed by atoms with Gasteiger partial charge in [0.05, 0.1) is 4.90 Å². The molecule has 0 aliphatic carbocycles. The summed E-state index contributed by atoms with van der Waals surface area (Å²) in [6.45, 7) is 0.456. The first-order valence-electron chi connectivity index (χ1n) is 5.06. The highest BCUT2D eigenvalue weighted by molar-refractivity contribution is 7.99. The minimum atomic E-state index is -0.444. The lowest BCUT2D eigenvalue weighted by Crippen LogP contribution is -2.30. The molecule has 4 heteroatoms. The molecule has 0 saturated carbocycles. The summed E-state index contributed by atoms with van der Waals surface area (Å²) in [6.07, 6.45) is 1.66. The number of hydroxylamine groups is 1. The summed E-state index contributed by atoms with van der Waals surface area (Å²) >= 11 is 1.31. The lowest BCUT2D eigenvalue weighted by molar-refractivity contribution is 0.597. The number of hydrogen-bond acceptors (Lipinski definition) is 3. The highest BCUT2D eigenvalue weighted by Gasteiger charge is 2.33. The topological polar surface area (TPSA) is 36.0 Å². The molecule has 2 aromatic rings. The summed E-state index contributed by atoms with van der Waals surface area (Å²) in [4.78, 5) is 5.21. The molecule has 0 spiro atoms. The van der Waals surface area contributed by atoms with E-state index in [0.717, 1.165) is 10.5 Å². The van der Waals surface area contributed by atoms with E-state index in [2.05, 4.69) is 4.98 Å². The second kappa shape index (κ2) is 3.59. The van der Waals surface area contributed by atoms with Gasteiger partial charge < -0.3 is 5.21 Å². The van der Waals surface area contributed by atoms with Gasteiger partial charge in [0.25, 0.3) is 0 Å². The van der Waals surface area contributed by atoms with Crippen LogP contribution in [0.25, 0.3) is 0 Å². The molecule has 0 N–H and O–H groups in total. The van der Waals surface area contributed by atoms with Crippen molar-refractivity contribution in [1.82, 2.24) is 9.04 Å². The Bertz CT molecular complexity index is 490. The summed E-state index contributed by atoms with van der Waals surface area (Å²) in [5.74, 6) is 0.559. The molecule has 1 aromatic heterocycles. The van der Waals surface area contributed by atoms with E-state index in [0.29, 0.717) is 12.4 Å². The van der Waals surface area contributed by atoms with Crippen molar-refractivity contribution in [2.75, 3.05) is 0 Å². The quantitative estimate of drug-likeness (QED) is 0.429. The molecule has 1 aliphatic heterocycles. The highest BCUT2D eigenvalue weighted by Crippen LogP contribution is 2.44. The maximum Gasteiger partial charge on any atom is 0.239 e. The first-order chi connectivity index (χ1) is 7.78. The predicted molar refractivity (Wildman–Crippen MR) is 65.4 cm³/mol. The van der Waals surface area contributed by atoms with Gasteiger partial charge in [0.1, 0.15) is 18.5 Å². The van der Waals surface area contributed by atoms with E-state index < -0.39 is 4.05 Å². The Hall–Kier alpha value is -1.36. The first kappa shape index (κ1) is 9.84. The van der Waals surface area contributed by atoms with E-state index >= 15 is 0 Å². The number of fused-ring (bicyclic) bond motifs is 1. The fourth-order valence-corrected chi connectivity index (χ4v) is 2.93. The van der Waals surface area contributed by atoms with Gasteiger partial charge in [-0.15, -0.1) is 0 Å². The lowest BCUT2D eigenvalue weighted by Gasteiger charge is -2.32. The number of quaternary nitrogens is 1. The Morgan fingerprint density at radius 3 is 2.69 bits per heavy atom. The second-order valence-electron chi connectivity index (χ2n) is 3.72. The SMILES string of the molecule is [O-][N+]1(c2ccccn2)Cc2ccccc2S1. The molecule has 3 rings (SSSR count). The van der Waals surface area contributed by atoms with Gasteiger partial charge >= 0.3 is 0 Å². The number of rotatable bonds is 1. The van der Waals surface area contributed by atoms with Crippen molar-refractivity contribution in [3.8, 4) is 0 Å². The van der Waals surface area contributed by atoms with E-state index in [-0.39, 0.29) is 0 Å². The molecule has 0 fully saturated rings. The molecule has 80 valence electrons. The molecule has 0 bridgehead atoms. The van der Waals surface area contributed by atoms with Crippen molar-refractivity contribution in [2.24, 2.45) is 0 Å². The predicted octanol–water partition coefficient (Wildman–Crippen LogP) is 3.11. The van der Waals surface area contributed by atoms with Gasteiger partial charge in [0.2, 0.25) is 5.82 Å². The third-order valence-electron chi connectivity index (χ3n) is 2.60. The Morgan fingerprint density at radius 2 is 1.94 bits per heavy atom. The molecule has 0 amide bonds. The fourth-order valence-electron chi connectivity index (χ4n) is 1.82. The van der Waals surface area contributed by atoms with Crippen LogP contribution < -0.4 is 4.05 Å². The van der Waals surface area contributed by atoms with Gasteiger partial charge in [0, 0.05) is 17.8 Å². The zero-order valence-electron chi connectivity index (χ0n) is 8.54. The van der Waals surface area contributed by atoms with Crippen LogP contribution in [0.15, 0.2) is 53.6 Å². The maximum absolute atomic E-state index is 12.6. The normalized spacial score (nSPS) is 23.1. The standard InChI is InChI=1S/C12H10N2OS/c15-14(12-7-3-4-8-13-12)9-10-5-1-2-6-11(10)16-14/h1-8H,9H2. The number of aromatic nitrogens is 1. The number of nitrogens with zero attached hydrogens (tertiary/aromatic N) is 2. The molecular formula is C12H10N2OS. The van der Waals surface area contributed by atoms with Gasteiger partial charge in [-0.05, 0) is 12.1 Å². The smallest absolute Gasteiger partial charge is 0.239 e. The van der Waals surface area contributed by atoms with Crippen LogP contribution in [0, 0.1) is 5.21 Å². The van der Waals surface area contributed by atoms with Crippen molar-refractivity contribution in [2.45, 2.75) is 11.4 Å². The van der Waals surface area contributed by atoms with E-state index in [1.807, 2.05) is 36.4 Å². The Labute approximate surface area is 98.0 Å². The van der Waals surface area contributed by atoms with Crippen LogP contribution in [-0.4, -0.2) is 4.98 Å². The average molecular weight is 230 g/mol. The van der Waals surface area contributed by atoms with Gasteiger partial charge in [-0.2, -0.15) is 0 Å². The fraction of sp³-hybridized carbons (Fsp3) is 0.0833.